The summed E-state index contributed by atoms with van der Waals surface area (Å²) in [7, 11) is -2.05. The SMILES string of the molecule is COCCCN(C1CCOc2ccccc21)S(=O)(=O)c1cccnc1. The predicted octanol–water partition coefficient (Wildman–Crippen LogP) is 2.63. The average molecular weight is 362 g/mol. The van der Waals surface area contributed by atoms with Gasteiger partial charge in [0.05, 0.1) is 12.6 Å². The third-order valence-electron chi connectivity index (χ3n) is 4.24. The Labute approximate surface area is 148 Å². The number of para-hydroxylation sites is 1. The topological polar surface area (TPSA) is 68.7 Å². The maximum Gasteiger partial charge on any atom is 0.245 e. The van der Waals surface area contributed by atoms with Crippen molar-refractivity contribution in [2.45, 2.75) is 23.8 Å². The fourth-order valence-electron chi connectivity index (χ4n) is 3.07. The Morgan fingerprint density at radius 3 is 2.88 bits per heavy atom. The summed E-state index contributed by atoms with van der Waals surface area (Å²) in [6, 6.07) is 10.6. The van der Waals surface area contributed by atoms with Gasteiger partial charge in [-0.05, 0) is 24.6 Å². The van der Waals surface area contributed by atoms with E-state index in [0.717, 1.165) is 11.3 Å². The second-order valence-electron chi connectivity index (χ2n) is 5.84. The average Bonchev–Trinajstić information content (AvgIpc) is 2.65. The highest BCUT2D eigenvalue weighted by atomic mass is 32.2. The van der Waals surface area contributed by atoms with E-state index in [2.05, 4.69) is 4.98 Å². The van der Waals surface area contributed by atoms with Crippen LogP contribution in [0.25, 0.3) is 0 Å². The summed E-state index contributed by atoms with van der Waals surface area (Å²) < 4.78 is 38.8. The lowest BCUT2D eigenvalue weighted by Gasteiger charge is -2.34. The van der Waals surface area contributed by atoms with Gasteiger partial charge in [0.2, 0.25) is 10.0 Å². The maximum absolute atomic E-state index is 13.2. The number of hydrogen-bond donors (Lipinski definition) is 0. The standard InChI is InChI=1S/C18H22N2O4S/c1-23-12-5-11-20(25(21,22)15-6-4-10-19-14-15)17-9-13-24-18-8-3-2-7-16(17)18/h2-4,6-8,10,14,17H,5,9,11-13H2,1H3. The molecule has 0 saturated heterocycles. The monoisotopic (exact) mass is 362 g/mol. The van der Waals surface area contributed by atoms with Crippen molar-refractivity contribution in [3.8, 4) is 5.75 Å². The van der Waals surface area contributed by atoms with Crippen LogP contribution in [-0.2, 0) is 14.8 Å². The van der Waals surface area contributed by atoms with Crippen LogP contribution in [0.3, 0.4) is 0 Å². The Morgan fingerprint density at radius 1 is 1.28 bits per heavy atom. The normalized spacial score (nSPS) is 17.1. The first-order valence-electron chi connectivity index (χ1n) is 8.27. The van der Waals surface area contributed by atoms with Crippen LogP contribution in [0.5, 0.6) is 5.75 Å². The van der Waals surface area contributed by atoms with Gasteiger partial charge in [-0.3, -0.25) is 4.98 Å². The molecule has 0 spiro atoms. The van der Waals surface area contributed by atoms with E-state index in [1.807, 2.05) is 24.3 Å². The smallest absolute Gasteiger partial charge is 0.245 e. The summed E-state index contributed by atoms with van der Waals surface area (Å²) in [4.78, 5) is 4.17. The number of pyridine rings is 1. The summed E-state index contributed by atoms with van der Waals surface area (Å²) in [6.07, 6.45) is 4.20. The molecule has 3 rings (SSSR count). The Bertz CT molecular complexity index is 796. The highest BCUT2D eigenvalue weighted by molar-refractivity contribution is 7.89. The van der Waals surface area contributed by atoms with E-state index in [1.54, 1.807) is 29.7 Å². The Hall–Kier alpha value is -1.96. The van der Waals surface area contributed by atoms with Crippen molar-refractivity contribution in [2.75, 3.05) is 26.9 Å². The lowest BCUT2D eigenvalue weighted by molar-refractivity contribution is 0.168. The molecule has 2 heterocycles. The van der Waals surface area contributed by atoms with E-state index in [-0.39, 0.29) is 10.9 Å². The molecule has 0 N–H and O–H groups in total. The van der Waals surface area contributed by atoms with Crippen molar-refractivity contribution < 1.29 is 17.9 Å². The van der Waals surface area contributed by atoms with Crippen LogP contribution in [0.15, 0.2) is 53.7 Å². The second-order valence-corrected chi connectivity index (χ2v) is 7.73. The lowest BCUT2D eigenvalue weighted by atomic mass is 10.0. The fourth-order valence-corrected chi connectivity index (χ4v) is 4.70. The molecule has 0 fully saturated rings. The molecule has 0 radical (unpaired) electrons. The lowest BCUT2D eigenvalue weighted by Crippen LogP contribution is -2.38. The van der Waals surface area contributed by atoms with Gasteiger partial charge in [-0.2, -0.15) is 4.31 Å². The van der Waals surface area contributed by atoms with Gasteiger partial charge in [-0.1, -0.05) is 18.2 Å². The number of sulfonamides is 1. The molecular weight excluding hydrogens is 340 g/mol. The third kappa shape index (κ3) is 3.84. The van der Waals surface area contributed by atoms with Gasteiger partial charge in [0.15, 0.2) is 0 Å². The van der Waals surface area contributed by atoms with E-state index < -0.39 is 10.0 Å². The van der Waals surface area contributed by atoms with Crippen molar-refractivity contribution in [3.63, 3.8) is 0 Å². The first-order valence-corrected chi connectivity index (χ1v) is 9.71. The van der Waals surface area contributed by atoms with E-state index >= 15 is 0 Å². The van der Waals surface area contributed by atoms with Crippen LogP contribution in [0, 0.1) is 0 Å². The van der Waals surface area contributed by atoms with Gasteiger partial charge in [-0.25, -0.2) is 8.42 Å². The molecule has 1 atom stereocenters. The second kappa shape index (κ2) is 7.95. The van der Waals surface area contributed by atoms with Crippen molar-refractivity contribution in [3.05, 3.63) is 54.4 Å². The van der Waals surface area contributed by atoms with Crippen LogP contribution in [0.2, 0.25) is 0 Å². The molecule has 0 bridgehead atoms. The quantitative estimate of drug-likeness (QED) is 0.708. The zero-order chi connectivity index (χ0) is 17.7. The Balaban J connectivity index is 1.99. The van der Waals surface area contributed by atoms with Gasteiger partial charge < -0.3 is 9.47 Å². The summed E-state index contributed by atoms with van der Waals surface area (Å²) in [6.45, 7) is 1.37. The fraction of sp³-hybridized carbons (Fsp3) is 0.389. The predicted molar refractivity (Wildman–Crippen MR) is 93.9 cm³/mol. The third-order valence-corrected chi connectivity index (χ3v) is 6.13. The van der Waals surface area contributed by atoms with Gasteiger partial charge in [0, 0.05) is 44.6 Å². The largest absolute Gasteiger partial charge is 0.493 e. The maximum atomic E-state index is 13.2. The van der Waals surface area contributed by atoms with E-state index in [1.165, 1.54) is 6.20 Å². The van der Waals surface area contributed by atoms with Gasteiger partial charge in [-0.15, -0.1) is 0 Å². The van der Waals surface area contributed by atoms with Crippen LogP contribution in [-0.4, -0.2) is 44.6 Å². The molecule has 1 aliphatic heterocycles. The highest BCUT2D eigenvalue weighted by Gasteiger charge is 2.35. The number of hydrogen-bond acceptors (Lipinski definition) is 5. The number of methoxy groups -OCH3 is 1. The molecule has 0 aliphatic carbocycles. The van der Waals surface area contributed by atoms with Gasteiger partial charge >= 0.3 is 0 Å². The molecule has 1 unspecified atom stereocenters. The molecule has 7 heteroatoms. The first-order chi connectivity index (χ1) is 12.1. The number of ether oxygens (including phenoxy) is 2. The molecular formula is C18H22N2O4S. The molecule has 1 aliphatic rings. The number of fused-ring (bicyclic) bond motifs is 1. The molecule has 0 amide bonds. The number of benzene rings is 1. The minimum absolute atomic E-state index is 0.205. The number of rotatable bonds is 7. The molecule has 6 nitrogen and oxygen atoms in total. The molecule has 2 aromatic rings. The van der Waals surface area contributed by atoms with Crippen molar-refractivity contribution in [2.24, 2.45) is 0 Å². The molecule has 25 heavy (non-hydrogen) atoms. The van der Waals surface area contributed by atoms with E-state index in [4.69, 9.17) is 9.47 Å². The van der Waals surface area contributed by atoms with E-state index in [0.29, 0.717) is 32.6 Å². The Morgan fingerprint density at radius 2 is 2.12 bits per heavy atom. The minimum Gasteiger partial charge on any atom is -0.493 e. The number of nitrogens with zero attached hydrogens (tertiary/aromatic N) is 2. The summed E-state index contributed by atoms with van der Waals surface area (Å²) in [5.74, 6) is 0.747. The molecule has 1 aromatic heterocycles. The van der Waals surface area contributed by atoms with Crippen LogP contribution < -0.4 is 4.74 Å². The van der Waals surface area contributed by atoms with Crippen LogP contribution in [0.4, 0.5) is 0 Å². The number of aromatic nitrogens is 1. The van der Waals surface area contributed by atoms with Crippen molar-refractivity contribution >= 4 is 10.0 Å². The van der Waals surface area contributed by atoms with Crippen molar-refractivity contribution in [1.29, 1.82) is 0 Å². The summed E-state index contributed by atoms with van der Waals surface area (Å²) in [5, 5.41) is 0. The summed E-state index contributed by atoms with van der Waals surface area (Å²) >= 11 is 0. The van der Waals surface area contributed by atoms with Crippen molar-refractivity contribution in [1.82, 2.24) is 9.29 Å². The molecule has 1 aromatic carbocycles. The zero-order valence-electron chi connectivity index (χ0n) is 14.2. The van der Waals surface area contributed by atoms with Gasteiger partial charge in [0.1, 0.15) is 10.6 Å². The highest BCUT2D eigenvalue weighted by Crippen LogP contribution is 2.38. The van der Waals surface area contributed by atoms with E-state index in [9.17, 15) is 8.42 Å². The van der Waals surface area contributed by atoms with Crippen LogP contribution in [0.1, 0.15) is 24.4 Å². The summed E-state index contributed by atoms with van der Waals surface area (Å²) in [5.41, 5.74) is 0.902. The zero-order valence-corrected chi connectivity index (χ0v) is 15.0. The van der Waals surface area contributed by atoms with Crippen LogP contribution >= 0.6 is 0 Å². The first kappa shape index (κ1) is 17.8. The molecule has 0 saturated carbocycles. The minimum atomic E-state index is -3.66. The van der Waals surface area contributed by atoms with Gasteiger partial charge in [0.25, 0.3) is 0 Å². The Kier molecular flexibility index (Phi) is 5.67. The molecule has 134 valence electrons.